The first-order chi connectivity index (χ1) is 7.59. The van der Waals surface area contributed by atoms with Gasteiger partial charge in [-0.1, -0.05) is 27.2 Å². The number of nitrogens with zero attached hydrogens (tertiary/aromatic N) is 2. The van der Waals surface area contributed by atoms with Crippen LogP contribution in [0.1, 0.15) is 39.2 Å². The summed E-state index contributed by atoms with van der Waals surface area (Å²) in [7, 11) is 1.98. The minimum absolute atomic E-state index is 0.355. The second kappa shape index (κ2) is 6.04. The fourth-order valence-electron chi connectivity index (χ4n) is 2.33. The van der Waals surface area contributed by atoms with Crippen LogP contribution in [0, 0.1) is 5.41 Å². The zero-order valence-electron chi connectivity index (χ0n) is 11.1. The molecule has 16 heavy (non-hydrogen) atoms. The highest BCUT2D eigenvalue weighted by atomic mass is 15.2. The highest BCUT2D eigenvalue weighted by Crippen LogP contribution is 2.27. The summed E-state index contributed by atoms with van der Waals surface area (Å²) in [5.74, 6) is 0. The molecular weight excluding hydrogens is 198 g/mol. The molecule has 1 N–H and O–H groups in total. The molecule has 0 aliphatic rings. The first-order valence-electron chi connectivity index (χ1n) is 6.28. The van der Waals surface area contributed by atoms with Crippen molar-refractivity contribution in [3.8, 4) is 0 Å². The Kier molecular flexibility index (Phi) is 5.00. The van der Waals surface area contributed by atoms with E-state index in [1.54, 1.807) is 0 Å². The third kappa shape index (κ3) is 3.97. The molecular formula is C13H25N3. The first-order valence-corrected chi connectivity index (χ1v) is 6.28. The molecule has 0 aromatic carbocycles. The standard InChI is InChI=1S/C13H25N3/c1-5-7-13(3,11-14-6-2)8-12-9-15-16(4)10-12/h9-10,14H,5-8,11H2,1-4H3. The van der Waals surface area contributed by atoms with Crippen molar-refractivity contribution in [2.45, 2.75) is 40.0 Å². The van der Waals surface area contributed by atoms with Crippen molar-refractivity contribution in [2.75, 3.05) is 13.1 Å². The van der Waals surface area contributed by atoms with Crippen LogP contribution < -0.4 is 5.32 Å². The van der Waals surface area contributed by atoms with Gasteiger partial charge in [-0.15, -0.1) is 0 Å². The number of nitrogens with one attached hydrogen (secondary N) is 1. The number of rotatable bonds is 7. The van der Waals surface area contributed by atoms with E-state index in [4.69, 9.17) is 0 Å². The molecule has 3 nitrogen and oxygen atoms in total. The molecule has 0 spiro atoms. The molecule has 1 aromatic heterocycles. The summed E-state index contributed by atoms with van der Waals surface area (Å²) >= 11 is 0. The summed E-state index contributed by atoms with van der Waals surface area (Å²) < 4.78 is 1.88. The molecule has 1 unspecified atom stereocenters. The van der Waals surface area contributed by atoms with Crippen LogP contribution in [0.4, 0.5) is 0 Å². The van der Waals surface area contributed by atoms with Gasteiger partial charge in [0, 0.05) is 19.8 Å². The predicted molar refractivity (Wildman–Crippen MR) is 68.5 cm³/mol. The van der Waals surface area contributed by atoms with Crippen LogP contribution in [0.25, 0.3) is 0 Å². The molecule has 3 heteroatoms. The Hall–Kier alpha value is -0.830. The van der Waals surface area contributed by atoms with Gasteiger partial charge in [0.15, 0.2) is 0 Å². The number of aryl methyl sites for hydroxylation is 1. The van der Waals surface area contributed by atoms with E-state index in [9.17, 15) is 0 Å². The maximum Gasteiger partial charge on any atom is 0.0521 e. The van der Waals surface area contributed by atoms with E-state index in [1.807, 2.05) is 17.9 Å². The average Bonchev–Trinajstić information content (AvgIpc) is 2.61. The van der Waals surface area contributed by atoms with Crippen molar-refractivity contribution in [1.82, 2.24) is 15.1 Å². The molecule has 0 saturated carbocycles. The van der Waals surface area contributed by atoms with Crippen LogP contribution in [0.5, 0.6) is 0 Å². The molecule has 0 amide bonds. The summed E-state index contributed by atoms with van der Waals surface area (Å²) in [6.45, 7) is 8.93. The third-order valence-corrected chi connectivity index (χ3v) is 3.04. The highest BCUT2D eigenvalue weighted by molar-refractivity contribution is 5.07. The van der Waals surface area contributed by atoms with Crippen LogP contribution in [0.2, 0.25) is 0 Å². The summed E-state index contributed by atoms with van der Waals surface area (Å²) in [5.41, 5.74) is 1.70. The van der Waals surface area contributed by atoms with Gasteiger partial charge in [-0.05, 0) is 30.4 Å². The van der Waals surface area contributed by atoms with Crippen LogP contribution in [0.3, 0.4) is 0 Å². The zero-order chi connectivity index (χ0) is 12.0. The van der Waals surface area contributed by atoms with E-state index in [0.717, 1.165) is 19.5 Å². The molecule has 0 aliphatic carbocycles. The highest BCUT2D eigenvalue weighted by Gasteiger charge is 2.23. The van der Waals surface area contributed by atoms with E-state index in [1.165, 1.54) is 18.4 Å². The molecule has 0 radical (unpaired) electrons. The number of hydrogen-bond donors (Lipinski definition) is 1. The Labute approximate surface area is 99.2 Å². The lowest BCUT2D eigenvalue weighted by Crippen LogP contribution is -2.33. The second-order valence-corrected chi connectivity index (χ2v) is 5.04. The lowest BCUT2D eigenvalue weighted by molar-refractivity contribution is 0.277. The van der Waals surface area contributed by atoms with Crippen molar-refractivity contribution >= 4 is 0 Å². The van der Waals surface area contributed by atoms with Crippen molar-refractivity contribution in [3.63, 3.8) is 0 Å². The summed E-state index contributed by atoms with van der Waals surface area (Å²) in [4.78, 5) is 0. The average molecular weight is 223 g/mol. The van der Waals surface area contributed by atoms with E-state index in [2.05, 4.69) is 37.4 Å². The number of hydrogen-bond acceptors (Lipinski definition) is 2. The largest absolute Gasteiger partial charge is 0.316 e. The minimum Gasteiger partial charge on any atom is -0.316 e. The molecule has 1 heterocycles. The fraction of sp³-hybridized carbons (Fsp3) is 0.769. The van der Waals surface area contributed by atoms with Gasteiger partial charge in [-0.25, -0.2) is 0 Å². The van der Waals surface area contributed by atoms with E-state index < -0.39 is 0 Å². The van der Waals surface area contributed by atoms with Gasteiger partial charge >= 0.3 is 0 Å². The molecule has 1 rings (SSSR count). The SMILES string of the molecule is CCCC(C)(CNCC)Cc1cnn(C)c1. The molecule has 1 atom stereocenters. The summed E-state index contributed by atoms with van der Waals surface area (Å²) in [6, 6.07) is 0. The van der Waals surface area contributed by atoms with Crippen molar-refractivity contribution in [1.29, 1.82) is 0 Å². The molecule has 1 aromatic rings. The van der Waals surface area contributed by atoms with Gasteiger partial charge in [0.1, 0.15) is 0 Å². The lowest BCUT2D eigenvalue weighted by Gasteiger charge is -2.29. The Morgan fingerprint density at radius 3 is 2.69 bits per heavy atom. The van der Waals surface area contributed by atoms with Crippen molar-refractivity contribution in [2.24, 2.45) is 12.5 Å². The van der Waals surface area contributed by atoms with Crippen LogP contribution in [0.15, 0.2) is 12.4 Å². The molecule has 0 saturated heterocycles. The lowest BCUT2D eigenvalue weighted by atomic mass is 9.80. The van der Waals surface area contributed by atoms with Gasteiger partial charge in [0.25, 0.3) is 0 Å². The fourth-order valence-corrected chi connectivity index (χ4v) is 2.33. The van der Waals surface area contributed by atoms with Crippen LogP contribution in [-0.2, 0) is 13.5 Å². The quantitative estimate of drug-likeness (QED) is 0.769. The number of aromatic nitrogens is 2. The molecule has 0 aliphatic heterocycles. The maximum atomic E-state index is 4.24. The topological polar surface area (TPSA) is 29.9 Å². The molecule has 92 valence electrons. The molecule has 0 bridgehead atoms. The predicted octanol–water partition coefficient (Wildman–Crippen LogP) is 2.38. The van der Waals surface area contributed by atoms with Gasteiger partial charge in [0.2, 0.25) is 0 Å². The Morgan fingerprint density at radius 2 is 2.19 bits per heavy atom. The van der Waals surface area contributed by atoms with E-state index in [-0.39, 0.29) is 0 Å². The normalized spacial score (nSPS) is 15.0. The Morgan fingerprint density at radius 1 is 1.44 bits per heavy atom. The van der Waals surface area contributed by atoms with Gasteiger partial charge in [-0.3, -0.25) is 4.68 Å². The van der Waals surface area contributed by atoms with Gasteiger partial charge in [-0.2, -0.15) is 5.10 Å². The van der Waals surface area contributed by atoms with E-state index in [0.29, 0.717) is 5.41 Å². The van der Waals surface area contributed by atoms with Crippen molar-refractivity contribution in [3.05, 3.63) is 18.0 Å². The van der Waals surface area contributed by atoms with Crippen molar-refractivity contribution < 1.29 is 0 Å². The third-order valence-electron chi connectivity index (χ3n) is 3.04. The van der Waals surface area contributed by atoms with Gasteiger partial charge in [0.05, 0.1) is 6.20 Å². The van der Waals surface area contributed by atoms with E-state index >= 15 is 0 Å². The Balaban J connectivity index is 2.62. The summed E-state index contributed by atoms with van der Waals surface area (Å²) in [6.07, 6.45) is 7.72. The maximum absolute atomic E-state index is 4.24. The van der Waals surface area contributed by atoms with Gasteiger partial charge < -0.3 is 5.32 Å². The molecule has 0 fully saturated rings. The second-order valence-electron chi connectivity index (χ2n) is 5.04. The minimum atomic E-state index is 0.355. The Bertz CT molecular complexity index is 306. The summed E-state index contributed by atoms with van der Waals surface area (Å²) in [5, 5.41) is 7.71. The zero-order valence-corrected chi connectivity index (χ0v) is 11.1. The first kappa shape index (κ1) is 13.2. The van der Waals surface area contributed by atoms with Crippen LogP contribution in [-0.4, -0.2) is 22.9 Å². The monoisotopic (exact) mass is 223 g/mol. The van der Waals surface area contributed by atoms with Crippen LogP contribution >= 0.6 is 0 Å². The smallest absolute Gasteiger partial charge is 0.0521 e.